The molecule has 0 radical (unpaired) electrons. The number of likely N-dealkylation sites (N-methyl/N-ethyl adjacent to an activating group) is 1. The third kappa shape index (κ3) is 7.59. The monoisotopic (exact) mass is 642 g/mol. The molecule has 48 heavy (non-hydrogen) atoms. The third-order valence-corrected chi connectivity index (χ3v) is 7.99. The number of hydrogen-bond donors (Lipinski definition) is 2. The van der Waals surface area contributed by atoms with E-state index in [1.807, 2.05) is 79.7 Å². The van der Waals surface area contributed by atoms with Crippen molar-refractivity contribution in [1.82, 2.24) is 4.90 Å². The number of carboxylic acids is 1. The van der Waals surface area contributed by atoms with Crippen molar-refractivity contribution >= 4 is 29.4 Å². The maximum absolute atomic E-state index is 13.7. The summed E-state index contributed by atoms with van der Waals surface area (Å²) in [6.07, 6.45) is 0. The van der Waals surface area contributed by atoms with Gasteiger partial charge in [0.2, 0.25) is 5.91 Å². The van der Waals surface area contributed by atoms with Gasteiger partial charge in [-0.1, -0.05) is 78.4 Å². The molecule has 9 nitrogen and oxygen atoms in total. The first kappa shape index (κ1) is 33.2. The number of esters is 1. The average molecular weight is 643 g/mol. The van der Waals surface area contributed by atoms with Gasteiger partial charge in [0, 0.05) is 24.4 Å². The van der Waals surface area contributed by atoms with Crippen molar-refractivity contribution in [1.29, 1.82) is 0 Å². The Bertz CT molecular complexity index is 1950. The number of amides is 2. The first-order valence-electron chi connectivity index (χ1n) is 15.1. The average Bonchev–Trinajstić information content (AvgIpc) is 3.10. The van der Waals surface area contributed by atoms with Crippen LogP contribution in [0.15, 0.2) is 115 Å². The Morgan fingerprint density at radius 3 is 1.69 bits per heavy atom. The Kier molecular flexibility index (Phi) is 9.99. The molecule has 9 heteroatoms. The number of nitrogens with zero attached hydrogens (tertiary/aromatic N) is 2. The van der Waals surface area contributed by atoms with Crippen LogP contribution in [0, 0.1) is 6.92 Å². The van der Waals surface area contributed by atoms with Crippen LogP contribution in [0.5, 0.6) is 5.75 Å². The summed E-state index contributed by atoms with van der Waals surface area (Å²) in [7, 11) is 2.89. The molecule has 0 aliphatic carbocycles. The van der Waals surface area contributed by atoms with Gasteiger partial charge in [0.15, 0.2) is 0 Å². The van der Waals surface area contributed by atoms with Crippen molar-refractivity contribution in [2.24, 2.45) is 0 Å². The minimum absolute atomic E-state index is 0.109. The van der Waals surface area contributed by atoms with E-state index in [2.05, 4.69) is 0 Å². The minimum Gasteiger partial charge on any atom is -0.507 e. The fourth-order valence-corrected chi connectivity index (χ4v) is 5.23. The van der Waals surface area contributed by atoms with Crippen LogP contribution in [-0.2, 0) is 16.1 Å². The molecule has 5 aromatic carbocycles. The first-order valence-corrected chi connectivity index (χ1v) is 15.1. The lowest BCUT2D eigenvalue weighted by atomic mass is 9.99. The highest BCUT2D eigenvalue weighted by molar-refractivity contribution is 6.01. The van der Waals surface area contributed by atoms with E-state index in [0.717, 1.165) is 33.4 Å². The summed E-state index contributed by atoms with van der Waals surface area (Å²) in [5.74, 6) is -2.89. The Balaban J connectivity index is 1.34. The van der Waals surface area contributed by atoms with Crippen molar-refractivity contribution in [3.8, 4) is 28.0 Å². The van der Waals surface area contributed by atoms with Crippen LogP contribution in [0.25, 0.3) is 22.3 Å². The van der Waals surface area contributed by atoms with Crippen LogP contribution in [0.4, 0.5) is 5.69 Å². The smallest absolute Gasteiger partial charge is 0.339 e. The van der Waals surface area contributed by atoms with E-state index >= 15 is 0 Å². The Morgan fingerprint density at radius 2 is 1.19 bits per heavy atom. The van der Waals surface area contributed by atoms with Crippen molar-refractivity contribution in [3.05, 3.63) is 143 Å². The summed E-state index contributed by atoms with van der Waals surface area (Å²) >= 11 is 0. The SMILES string of the molecule is COC(=O)c1ccc(-c2ccc(-c3ccc(CN(C(=O)CN(C)C(=O)c4ccc(C)cc4)c4ccc(C(=O)O)c(O)c4)cc3)cc2)cc1. The lowest BCUT2D eigenvalue weighted by Crippen LogP contribution is -2.41. The van der Waals surface area contributed by atoms with Crippen LogP contribution in [0.1, 0.15) is 42.2 Å². The number of hydrogen-bond acceptors (Lipinski definition) is 6. The Labute approximate surface area is 278 Å². The molecule has 0 aliphatic rings. The summed E-state index contributed by atoms with van der Waals surface area (Å²) in [5, 5.41) is 19.8. The number of carboxylic acid groups (broad SMARTS) is 1. The molecule has 2 amide bonds. The largest absolute Gasteiger partial charge is 0.507 e. The number of methoxy groups -OCH3 is 1. The topological polar surface area (TPSA) is 124 Å². The zero-order chi connectivity index (χ0) is 34.4. The van der Waals surface area contributed by atoms with Crippen LogP contribution >= 0.6 is 0 Å². The molecule has 0 saturated carbocycles. The standard InChI is InChI=1S/C39H34N2O7/c1-25-4-8-31(9-5-25)37(44)40(2)24-36(43)41(33-20-21-34(38(45)46)35(42)22-33)23-26-6-10-27(11-7-26)28-12-14-29(15-13-28)30-16-18-32(19-17-30)39(47)48-3/h4-22,42H,23-24H2,1-3H3,(H,45,46). The molecule has 0 aromatic heterocycles. The van der Waals surface area contributed by atoms with Gasteiger partial charge in [0.1, 0.15) is 17.9 Å². The van der Waals surface area contributed by atoms with Crippen molar-refractivity contribution < 1.29 is 34.1 Å². The Morgan fingerprint density at radius 1 is 0.688 bits per heavy atom. The van der Waals surface area contributed by atoms with Crippen LogP contribution in [-0.4, -0.2) is 59.6 Å². The number of aromatic carboxylic acids is 1. The molecule has 0 bridgehead atoms. The number of rotatable bonds is 10. The van der Waals surface area contributed by atoms with Gasteiger partial charge in [0.25, 0.3) is 5.91 Å². The summed E-state index contributed by atoms with van der Waals surface area (Å²) in [6, 6.07) is 33.9. The number of benzene rings is 5. The highest BCUT2D eigenvalue weighted by Crippen LogP contribution is 2.29. The van der Waals surface area contributed by atoms with Gasteiger partial charge < -0.3 is 24.7 Å². The summed E-state index contributed by atoms with van der Waals surface area (Å²) in [6.45, 7) is 1.78. The molecule has 242 valence electrons. The lowest BCUT2D eigenvalue weighted by Gasteiger charge is -2.26. The van der Waals surface area contributed by atoms with E-state index < -0.39 is 17.6 Å². The third-order valence-electron chi connectivity index (χ3n) is 7.99. The van der Waals surface area contributed by atoms with Gasteiger partial charge in [0.05, 0.1) is 19.2 Å². The Hall–Kier alpha value is -6.22. The second-order valence-electron chi connectivity index (χ2n) is 11.4. The normalized spacial score (nSPS) is 10.6. The summed E-state index contributed by atoms with van der Waals surface area (Å²) in [4.78, 5) is 52.7. The molecule has 5 aromatic rings. The molecule has 0 spiro atoms. The second-order valence-corrected chi connectivity index (χ2v) is 11.4. The van der Waals surface area contributed by atoms with Crippen LogP contribution < -0.4 is 4.90 Å². The number of carbonyl (C=O) groups is 4. The number of carbonyl (C=O) groups excluding carboxylic acids is 3. The predicted octanol–water partition coefficient (Wildman–Crippen LogP) is 6.82. The number of aryl methyl sites for hydroxylation is 1. The minimum atomic E-state index is -1.29. The predicted molar refractivity (Wildman–Crippen MR) is 183 cm³/mol. The molecule has 0 atom stereocenters. The number of ether oxygens (including phenoxy) is 1. The van der Waals surface area contributed by atoms with E-state index in [9.17, 15) is 29.4 Å². The molecule has 0 heterocycles. The maximum Gasteiger partial charge on any atom is 0.339 e. The zero-order valence-electron chi connectivity index (χ0n) is 26.7. The van der Waals surface area contributed by atoms with E-state index in [-0.39, 0.29) is 36.2 Å². The number of phenols is 1. The molecule has 0 unspecified atom stereocenters. The molecule has 0 saturated heterocycles. The van der Waals surface area contributed by atoms with Gasteiger partial charge in [-0.15, -0.1) is 0 Å². The van der Waals surface area contributed by atoms with E-state index in [1.165, 1.54) is 35.1 Å². The van der Waals surface area contributed by atoms with Crippen molar-refractivity contribution in [2.75, 3.05) is 25.6 Å². The van der Waals surface area contributed by atoms with Crippen LogP contribution in [0.2, 0.25) is 0 Å². The van der Waals surface area contributed by atoms with Gasteiger partial charge in [-0.05, 0) is 71.1 Å². The molecule has 0 fully saturated rings. The fourth-order valence-electron chi connectivity index (χ4n) is 5.23. The van der Waals surface area contributed by atoms with E-state index in [0.29, 0.717) is 11.1 Å². The highest BCUT2D eigenvalue weighted by Gasteiger charge is 2.23. The molecule has 0 aliphatic heterocycles. The van der Waals surface area contributed by atoms with Crippen molar-refractivity contribution in [3.63, 3.8) is 0 Å². The fraction of sp³-hybridized carbons (Fsp3) is 0.128. The summed E-state index contributed by atoms with van der Waals surface area (Å²) < 4.78 is 4.77. The molecule has 2 N–H and O–H groups in total. The van der Waals surface area contributed by atoms with Gasteiger partial charge in [-0.2, -0.15) is 0 Å². The first-order chi connectivity index (χ1) is 23.0. The van der Waals surface area contributed by atoms with E-state index in [4.69, 9.17) is 4.74 Å². The molecule has 5 rings (SSSR count). The number of anilines is 1. The van der Waals surface area contributed by atoms with Gasteiger partial charge in [-0.25, -0.2) is 9.59 Å². The van der Waals surface area contributed by atoms with Crippen LogP contribution in [0.3, 0.4) is 0 Å². The highest BCUT2D eigenvalue weighted by atomic mass is 16.5. The van der Waals surface area contributed by atoms with E-state index in [1.54, 1.807) is 31.3 Å². The molecular weight excluding hydrogens is 608 g/mol. The zero-order valence-corrected chi connectivity index (χ0v) is 26.7. The number of aromatic hydroxyl groups is 1. The maximum atomic E-state index is 13.7. The van der Waals surface area contributed by atoms with Gasteiger partial charge >= 0.3 is 11.9 Å². The quantitative estimate of drug-likeness (QED) is 0.160. The summed E-state index contributed by atoms with van der Waals surface area (Å²) in [5.41, 5.74) is 6.61. The van der Waals surface area contributed by atoms with Crippen molar-refractivity contribution in [2.45, 2.75) is 13.5 Å². The lowest BCUT2D eigenvalue weighted by molar-refractivity contribution is -0.119. The molecular formula is C39H34N2O7. The van der Waals surface area contributed by atoms with Gasteiger partial charge in [-0.3, -0.25) is 9.59 Å². The second kappa shape index (κ2) is 14.5.